The molecule has 0 aromatic heterocycles. The monoisotopic (exact) mass is 384 g/mol. The largest absolute Gasteiger partial charge is 0.417 e. The quantitative estimate of drug-likeness (QED) is 0.668. The van der Waals surface area contributed by atoms with Crippen molar-refractivity contribution < 1.29 is 13.2 Å². The molecule has 1 heterocycles. The summed E-state index contributed by atoms with van der Waals surface area (Å²) >= 11 is 5.75. The lowest BCUT2D eigenvalue weighted by Gasteiger charge is -2.35. The lowest BCUT2D eigenvalue weighted by molar-refractivity contribution is -0.137. The summed E-state index contributed by atoms with van der Waals surface area (Å²) in [5.41, 5.74) is -0.00739. The Morgan fingerprint density at radius 2 is 1.88 bits per heavy atom. The minimum Gasteiger partial charge on any atom is -0.314 e. The minimum absolute atomic E-state index is 0. The number of alkyl halides is 3. The normalized spacial score (nSPS) is 17.4. The molecule has 0 spiro atoms. The maximum Gasteiger partial charge on any atom is 0.417 e. The third kappa shape index (κ3) is 5.80. The average molecular weight is 385 g/mol. The van der Waals surface area contributed by atoms with E-state index in [9.17, 15) is 13.2 Å². The Bertz CT molecular complexity index is 503. The van der Waals surface area contributed by atoms with Crippen molar-refractivity contribution in [2.45, 2.75) is 44.8 Å². The number of rotatable bonds is 6. The van der Waals surface area contributed by atoms with Crippen LogP contribution in [0.3, 0.4) is 0 Å². The first-order valence-corrected chi connectivity index (χ1v) is 8.62. The Labute approximate surface area is 153 Å². The molecule has 138 valence electrons. The molecule has 1 fully saturated rings. The van der Waals surface area contributed by atoms with Gasteiger partial charge >= 0.3 is 6.18 Å². The Morgan fingerprint density at radius 3 is 2.46 bits per heavy atom. The number of piperazine rings is 1. The van der Waals surface area contributed by atoms with Crippen LogP contribution in [-0.4, -0.2) is 31.1 Å². The SMILES string of the molecule is CCCCC[C@H](c1ccc(Cl)c(C(F)(F)F)c1)N1CCNCC1.Cl. The van der Waals surface area contributed by atoms with Gasteiger partial charge in [-0.15, -0.1) is 12.4 Å². The highest BCUT2D eigenvalue weighted by Gasteiger charge is 2.34. The minimum atomic E-state index is -4.41. The lowest BCUT2D eigenvalue weighted by atomic mass is 9.96. The number of benzene rings is 1. The lowest BCUT2D eigenvalue weighted by Crippen LogP contribution is -2.45. The van der Waals surface area contributed by atoms with E-state index in [0.29, 0.717) is 0 Å². The van der Waals surface area contributed by atoms with Crippen LogP contribution in [-0.2, 0) is 6.18 Å². The van der Waals surface area contributed by atoms with Gasteiger partial charge in [-0.05, 0) is 24.1 Å². The van der Waals surface area contributed by atoms with Crippen LogP contribution in [0.25, 0.3) is 0 Å². The molecule has 1 aromatic rings. The maximum absolute atomic E-state index is 13.1. The van der Waals surface area contributed by atoms with Crippen LogP contribution in [0.5, 0.6) is 0 Å². The second kappa shape index (κ2) is 9.85. The highest BCUT2D eigenvalue weighted by Crippen LogP contribution is 2.38. The summed E-state index contributed by atoms with van der Waals surface area (Å²) in [6.45, 7) is 5.61. The molecule has 0 amide bonds. The molecule has 0 saturated carbocycles. The molecule has 0 aliphatic carbocycles. The summed E-state index contributed by atoms with van der Waals surface area (Å²) < 4.78 is 39.4. The molecule has 1 aliphatic rings. The number of nitrogens with one attached hydrogen (secondary N) is 1. The first-order valence-electron chi connectivity index (χ1n) is 8.25. The van der Waals surface area contributed by atoms with E-state index in [1.807, 2.05) is 0 Å². The zero-order chi connectivity index (χ0) is 16.9. The number of hydrogen-bond donors (Lipinski definition) is 1. The fourth-order valence-corrected chi connectivity index (χ4v) is 3.33. The van der Waals surface area contributed by atoms with Gasteiger partial charge < -0.3 is 5.32 Å². The van der Waals surface area contributed by atoms with Crippen molar-refractivity contribution in [1.29, 1.82) is 0 Å². The standard InChI is InChI=1S/C17H24ClF3N2.ClH/c1-2-3-4-5-16(23-10-8-22-9-11-23)13-6-7-15(18)14(12-13)17(19,20)21;/h6-7,12,16,22H,2-5,8-11H2,1H3;1H/t16-;/m1./s1. The predicted octanol–water partition coefficient (Wildman–Crippen LogP) is 5.31. The Hall–Kier alpha value is -0.490. The van der Waals surface area contributed by atoms with E-state index in [2.05, 4.69) is 17.1 Å². The van der Waals surface area contributed by atoms with E-state index in [-0.39, 0.29) is 23.5 Å². The molecule has 1 saturated heterocycles. The Balaban J connectivity index is 0.00000288. The molecule has 7 heteroatoms. The molecule has 1 atom stereocenters. The van der Waals surface area contributed by atoms with Crippen LogP contribution in [0.2, 0.25) is 5.02 Å². The van der Waals surface area contributed by atoms with Crippen molar-refractivity contribution in [1.82, 2.24) is 10.2 Å². The van der Waals surface area contributed by atoms with Gasteiger partial charge in [-0.1, -0.05) is 43.9 Å². The molecule has 1 aliphatic heterocycles. The van der Waals surface area contributed by atoms with Crippen LogP contribution in [0, 0.1) is 0 Å². The molecule has 24 heavy (non-hydrogen) atoms. The van der Waals surface area contributed by atoms with E-state index >= 15 is 0 Å². The van der Waals surface area contributed by atoms with Gasteiger partial charge in [0.25, 0.3) is 0 Å². The van der Waals surface area contributed by atoms with Crippen molar-refractivity contribution in [2.75, 3.05) is 26.2 Å². The summed E-state index contributed by atoms with van der Waals surface area (Å²) in [5, 5.41) is 3.06. The molecular formula is C17H25Cl2F3N2. The average Bonchev–Trinajstić information content (AvgIpc) is 2.52. The second-order valence-electron chi connectivity index (χ2n) is 6.03. The summed E-state index contributed by atoms with van der Waals surface area (Å²) in [4.78, 5) is 2.29. The summed E-state index contributed by atoms with van der Waals surface area (Å²) in [5.74, 6) is 0. The van der Waals surface area contributed by atoms with Crippen molar-refractivity contribution in [3.8, 4) is 0 Å². The van der Waals surface area contributed by atoms with Crippen LogP contribution < -0.4 is 5.32 Å². The first kappa shape index (κ1) is 21.6. The van der Waals surface area contributed by atoms with Gasteiger partial charge in [0.2, 0.25) is 0 Å². The number of nitrogens with zero attached hydrogens (tertiary/aromatic N) is 1. The third-order valence-electron chi connectivity index (χ3n) is 4.35. The predicted molar refractivity (Wildman–Crippen MR) is 95.0 cm³/mol. The van der Waals surface area contributed by atoms with E-state index in [4.69, 9.17) is 11.6 Å². The fourth-order valence-electron chi connectivity index (χ4n) is 3.11. The van der Waals surface area contributed by atoms with Crippen molar-refractivity contribution in [3.05, 3.63) is 34.3 Å². The molecular weight excluding hydrogens is 360 g/mol. The van der Waals surface area contributed by atoms with Crippen molar-refractivity contribution in [2.24, 2.45) is 0 Å². The van der Waals surface area contributed by atoms with Crippen molar-refractivity contribution >= 4 is 24.0 Å². The highest BCUT2D eigenvalue weighted by atomic mass is 35.5. The van der Waals surface area contributed by atoms with E-state index in [1.54, 1.807) is 6.07 Å². The smallest absolute Gasteiger partial charge is 0.314 e. The Morgan fingerprint density at radius 1 is 1.21 bits per heavy atom. The molecule has 1 N–H and O–H groups in total. The number of unbranched alkanes of at least 4 members (excludes halogenated alkanes) is 2. The van der Waals surface area contributed by atoms with Crippen LogP contribution in [0.15, 0.2) is 18.2 Å². The topological polar surface area (TPSA) is 15.3 Å². The van der Waals surface area contributed by atoms with Gasteiger partial charge in [0, 0.05) is 32.2 Å². The molecule has 0 radical (unpaired) electrons. The van der Waals surface area contributed by atoms with Crippen LogP contribution >= 0.6 is 24.0 Å². The Kier molecular flexibility index (Phi) is 8.85. The summed E-state index contributed by atoms with van der Waals surface area (Å²) in [6, 6.07) is 4.40. The first-order chi connectivity index (χ1) is 10.9. The van der Waals surface area contributed by atoms with Crippen LogP contribution in [0.1, 0.15) is 49.8 Å². The molecule has 0 unspecified atom stereocenters. The highest BCUT2D eigenvalue weighted by molar-refractivity contribution is 6.31. The number of halogens is 5. The van der Waals surface area contributed by atoms with Gasteiger partial charge in [-0.3, -0.25) is 4.90 Å². The maximum atomic E-state index is 13.1. The molecule has 1 aromatic carbocycles. The zero-order valence-electron chi connectivity index (χ0n) is 13.8. The van der Waals surface area contributed by atoms with Gasteiger partial charge in [0.15, 0.2) is 0 Å². The van der Waals surface area contributed by atoms with Gasteiger partial charge in [-0.25, -0.2) is 0 Å². The van der Waals surface area contributed by atoms with Gasteiger partial charge in [0.05, 0.1) is 10.6 Å². The fraction of sp³-hybridized carbons (Fsp3) is 0.647. The van der Waals surface area contributed by atoms with Gasteiger partial charge in [-0.2, -0.15) is 13.2 Å². The molecule has 2 rings (SSSR count). The van der Waals surface area contributed by atoms with E-state index < -0.39 is 11.7 Å². The molecule has 0 bridgehead atoms. The van der Waals surface area contributed by atoms with E-state index in [0.717, 1.165) is 57.4 Å². The van der Waals surface area contributed by atoms with Crippen LogP contribution in [0.4, 0.5) is 13.2 Å². The van der Waals surface area contributed by atoms with E-state index in [1.165, 1.54) is 12.1 Å². The second-order valence-corrected chi connectivity index (χ2v) is 6.44. The third-order valence-corrected chi connectivity index (χ3v) is 4.68. The summed E-state index contributed by atoms with van der Waals surface area (Å²) in [6.07, 6.45) is -0.308. The zero-order valence-corrected chi connectivity index (χ0v) is 15.4. The summed E-state index contributed by atoms with van der Waals surface area (Å²) in [7, 11) is 0. The number of hydrogen-bond acceptors (Lipinski definition) is 2. The van der Waals surface area contributed by atoms with Crippen molar-refractivity contribution in [3.63, 3.8) is 0 Å². The molecule has 2 nitrogen and oxygen atoms in total. The van der Waals surface area contributed by atoms with Gasteiger partial charge in [0.1, 0.15) is 0 Å².